The molecule has 5 aromatic rings. The maximum Gasteiger partial charge on any atom is 0.265 e. The van der Waals surface area contributed by atoms with Crippen LogP contribution >= 0.6 is 0 Å². The first-order valence-corrected chi connectivity index (χ1v) is 10.5. The van der Waals surface area contributed by atoms with Crippen LogP contribution in [0.15, 0.2) is 94.5 Å². The summed E-state index contributed by atoms with van der Waals surface area (Å²) in [5, 5.41) is 2.62. The molecule has 0 unspecified atom stereocenters. The van der Waals surface area contributed by atoms with E-state index in [1.807, 2.05) is 66.7 Å². The zero-order valence-electron chi connectivity index (χ0n) is 17.5. The van der Waals surface area contributed by atoms with Gasteiger partial charge in [0.25, 0.3) is 11.1 Å². The normalized spacial score (nSPS) is 12.0. The maximum absolute atomic E-state index is 13.6. The van der Waals surface area contributed by atoms with Crippen molar-refractivity contribution in [2.24, 2.45) is 0 Å². The highest BCUT2D eigenvalue weighted by Crippen LogP contribution is 2.39. The van der Waals surface area contributed by atoms with Crippen molar-refractivity contribution < 1.29 is 4.74 Å². The summed E-state index contributed by atoms with van der Waals surface area (Å²) in [4.78, 5) is 27.2. The Morgan fingerprint density at radius 2 is 1.19 bits per heavy atom. The summed E-state index contributed by atoms with van der Waals surface area (Å²) < 4.78 is 6.68. The standard InChI is InChI=1S/C28H19NO3/c1-32-20-11-13-22-18(16-20)14-17-15-19(10-12-21(17)22)29-27(30)25-8-4-2-6-23(25)24-7-3-5-9-26(24)28(29)31/h2-13,15-16H,14H2,1H3. The van der Waals surface area contributed by atoms with Gasteiger partial charge in [0, 0.05) is 10.8 Å². The first-order valence-electron chi connectivity index (χ1n) is 10.5. The van der Waals surface area contributed by atoms with Gasteiger partial charge in [-0.2, -0.15) is 0 Å². The second-order valence-corrected chi connectivity index (χ2v) is 8.08. The molecule has 0 saturated carbocycles. The van der Waals surface area contributed by atoms with E-state index >= 15 is 0 Å². The summed E-state index contributed by atoms with van der Waals surface area (Å²) in [5.41, 5.74) is 4.54. The van der Waals surface area contributed by atoms with Gasteiger partial charge in [0.2, 0.25) is 0 Å². The van der Waals surface area contributed by atoms with Crippen molar-refractivity contribution >= 4 is 21.5 Å². The van der Waals surface area contributed by atoms with Crippen molar-refractivity contribution in [1.82, 2.24) is 4.57 Å². The van der Waals surface area contributed by atoms with Crippen molar-refractivity contribution in [2.75, 3.05) is 7.11 Å². The summed E-state index contributed by atoms with van der Waals surface area (Å²) in [7, 11) is 1.66. The van der Waals surface area contributed by atoms with E-state index in [1.54, 1.807) is 19.2 Å². The van der Waals surface area contributed by atoms with Crippen LogP contribution < -0.4 is 15.9 Å². The van der Waals surface area contributed by atoms with Gasteiger partial charge < -0.3 is 4.74 Å². The fourth-order valence-electron chi connectivity index (χ4n) is 4.82. The number of methoxy groups -OCH3 is 1. The zero-order chi connectivity index (χ0) is 21.8. The van der Waals surface area contributed by atoms with Gasteiger partial charge in [-0.25, -0.2) is 4.57 Å². The molecule has 154 valence electrons. The first-order chi connectivity index (χ1) is 15.7. The number of rotatable bonds is 2. The number of aromatic nitrogens is 1. The van der Waals surface area contributed by atoms with Gasteiger partial charge in [0.1, 0.15) is 5.75 Å². The lowest BCUT2D eigenvalue weighted by molar-refractivity contribution is 0.414. The van der Waals surface area contributed by atoms with Crippen LogP contribution in [0.1, 0.15) is 11.1 Å². The molecule has 0 atom stereocenters. The zero-order valence-corrected chi connectivity index (χ0v) is 17.5. The number of hydrogen-bond donors (Lipinski definition) is 0. The summed E-state index contributed by atoms with van der Waals surface area (Å²) in [6.45, 7) is 0. The second-order valence-electron chi connectivity index (χ2n) is 8.08. The van der Waals surface area contributed by atoms with Crippen LogP contribution in [0.5, 0.6) is 5.75 Å². The Morgan fingerprint density at radius 3 is 1.78 bits per heavy atom. The third-order valence-corrected chi connectivity index (χ3v) is 6.34. The molecule has 0 bridgehead atoms. The molecule has 0 radical (unpaired) electrons. The molecular weight excluding hydrogens is 398 g/mol. The Labute approximate surface area is 184 Å². The van der Waals surface area contributed by atoms with Gasteiger partial charge in [-0.15, -0.1) is 0 Å². The molecule has 0 N–H and O–H groups in total. The van der Waals surface area contributed by atoms with E-state index in [2.05, 4.69) is 6.07 Å². The highest BCUT2D eigenvalue weighted by atomic mass is 16.5. The molecule has 4 aromatic carbocycles. The number of nitrogens with zero attached hydrogens (tertiary/aromatic N) is 1. The average molecular weight is 417 g/mol. The van der Waals surface area contributed by atoms with Gasteiger partial charge in [-0.05, 0) is 75.8 Å². The van der Waals surface area contributed by atoms with Crippen LogP contribution in [0.2, 0.25) is 0 Å². The predicted molar refractivity (Wildman–Crippen MR) is 128 cm³/mol. The Bertz CT molecular complexity index is 1610. The SMILES string of the molecule is COc1ccc2c(c1)Cc1cc(-n3c(=O)c4ccccc4c4ccccc4c3=O)ccc1-2. The minimum atomic E-state index is -0.307. The fourth-order valence-corrected chi connectivity index (χ4v) is 4.82. The van der Waals surface area contributed by atoms with Crippen LogP contribution in [0.3, 0.4) is 0 Å². The highest BCUT2D eigenvalue weighted by Gasteiger charge is 2.21. The van der Waals surface area contributed by atoms with E-state index in [4.69, 9.17) is 4.74 Å². The molecular formula is C28H19NO3. The Balaban J connectivity index is 1.64. The van der Waals surface area contributed by atoms with E-state index in [0.717, 1.165) is 39.6 Å². The molecule has 0 aliphatic heterocycles. The smallest absolute Gasteiger partial charge is 0.265 e. The van der Waals surface area contributed by atoms with E-state index in [1.165, 1.54) is 10.1 Å². The number of ether oxygens (including phenoxy) is 1. The average Bonchev–Trinajstić information content (AvgIpc) is 3.16. The molecule has 0 fully saturated rings. The molecule has 0 spiro atoms. The number of fused-ring (bicyclic) bond motifs is 6. The lowest BCUT2D eigenvalue weighted by atomic mass is 10.1. The monoisotopic (exact) mass is 417 g/mol. The Hall–Kier alpha value is -4.18. The lowest BCUT2D eigenvalue weighted by Crippen LogP contribution is -2.28. The molecule has 32 heavy (non-hydrogen) atoms. The second kappa shape index (κ2) is 6.92. The van der Waals surface area contributed by atoms with Crippen LogP contribution in [0.4, 0.5) is 0 Å². The van der Waals surface area contributed by atoms with Crippen molar-refractivity contribution in [3.05, 3.63) is 117 Å². The quantitative estimate of drug-likeness (QED) is 0.395. The first kappa shape index (κ1) is 18.6. The van der Waals surface area contributed by atoms with Crippen LogP contribution in [-0.2, 0) is 6.42 Å². The molecule has 4 heteroatoms. The van der Waals surface area contributed by atoms with E-state index in [-0.39, 0.29) is 11.1 Å². The largest absolute Gasteiger partial charge is 0.497 e. The van der Waals surface area contributed by atoms with Crippen LogP contribution in [-0.4, -0.2) is 11.7 Å². The topological polar surface area (TPSA) is 48.3 Å². The minimum absolute atomic E-state index is 0.307. The lowest BCUT2D eigenvalue weighted by Gasteiger charge is -2.07. The summed E-state index contributed by atoms with van der Waals surface area (Å²) in [6, 6.07) is 26.7. The van der Waals surface area contributed by atoms with E-state index in [9.17, 15) is 9.59 Å². The molecule has 0 amide bonds. The number of hydrogen-bond acceptors (Lipinski definition) is 3. The van der Waals surface area contributed by atoms with Gasteiger partial charge in [0.15, 0.2) is 0 Å². The molecule has 4 nitrogen and oxygen atoms in total. The predicted octanol–water partition coefficient (Wildman–Crippen LogP) is 5.08. The fraction of sp³-hybridized carbons (Fsp3) is 0.0714. The third-order valence-electron chi connectivity index (χ3n) is 6.34. The van der Waals surface area contributed by atoms with Crippen molar-refractivity contribution in [1.29, 1.82) is 0 Å². The van der Waals surface area contributed by atoms with Crippen molar-refractivity contribution in [3.63, 3.8) is 0 Å². The third kappa shape index (κ3) is 2.63. The van der Waals surface area contributed by atoms with Crippen molar-refractivity contribution in [2.45, 2.75) is 6.42 Å². The Morgan fingerprint density at radius 1 is 0.656 bits per heavy atom. The highest BCUT2D eigenvalue weighted by molar-refractivity contribution is 6.05. The van der Waals surface area contributed by atoms with Gasteiger partial charge in [-0.3, -0.25) is 9.59 Å². The van der Waals surface area contributed by atoms with Crippen LogP contribution in [0, 0.1) is 0 Å². The van der Waals surface area contributed by atoms with E-state index < -0.39 is 0 Å². The minimum Gasteiger partial charge on any atom is -0.497 e. The maximum atomic E-state index is 13.6. The van der Waals surface area contributed by atoms with Crippen molar-refractivity contribution in [3.8, 4) is 22.6 Å². The Kier molecular flexibility index (Phi) is 4.02. The summed E-state index contributed by atoms with van der Waals surface area (Å²) in [5.74, 6) is 0.822. The molecule has 1 aliphatic rings. The summed E-state index contributed by atoms with van der Waals surface area (Å²) >= 11 is 0. The van der Waals surface area contributed by atoms with Crippen LogP contribution in [0.25, 0.3) is 38.4 Å². The molecule has 0 saturated heterocycles. The van der Waals surface area contributed by atoms with Gasteiger partial charge >= 0.3 is 0 Å². The molecule has 1 aliphatic carbocycles. The molecule has 6 rings (SSSR count). The van der Waals surface area contributed by atoms with E-state index in [0.29, 0.717) is 16.5 Å². The number of benzene rings is 4. The van der Waals surface area contributed by atoms with Gasteiger partial charge in [-0.1, -0.05) is 48.5 Å². The molecule has 1 heterocycles. The summed E-state index contributed by atoms with van der Waals surface area (Å²) in [6.07, 6.45) is 0.735. The molecule has 1 aromatic heterocycles. The van der Waals surface area contributed by atoms with Gasteiger partial charge in [0.05, 0.1) is 12.8 Å².